The van der Waals surface area contributed by atoms with Gasteiger partial charge in [-0.3, -0.25) is 4.79 Å². The second kappa shape index (κ2) is 5.39. The largest absolute Gasteiger partial charge is 0.385 e. The lowest BCUT2D eigenvalue weighted by Gasteiger charge is -2.11. The summed E-state index contributed by atoms with van der Waals surface area (Å²) in [7, 11) is 0. The third-order valence-corrected chi connectivity index (χ3v) is 2.12. The maximum atomic E-state index is 11.7. The first kappa shape index (κ1) is 11.6. The van der Waals surface area contributed by atoms with Gasteiger partial charge < -0.3 is 10.6 Å². The van der Waals surface area contributed by atoms with Gasteiger partial charge in [0.15, 0.2) is 0 Å². The average Bonchev–Trinajstić information content (AvgIpc) is 2.21. The van der Waals surface area contributed by atoms with Crippen LogP contribution in [0.1, 0.15) is 29.8 Å². The monoisotopic (exact) mass is 206 g/mol. The molecule has 82 valence electrons. The van der Waals surface area contributed by atoms with Crippen molar-refractivity contribution in [3.8, 4) is 0 Å². The third kappa shape index (κ3) is 2.98. The van der Waals surface area contributed by atoms with Gasteiger partial charge in [-0.1, -0.05) is 11.6 Å². The van der Waals surface area contributed by atoms with E-state index in [4.69, 9.17) is 0 Å². The fourth-order valence-corrected chi connectivity index (χ4v) is 1.45. The fraction of sp³-hybridized carbons (Fsp3) is 0.417. The van der Waals surface area contributed by atoms with Crippen LogP contribution in [0.2, 0.25) is 0 Å². The van der Waals surface area contributed by atoms with Crippen molar-refractivity contribution in [1.29, 1.82) is 0 Å². The van der Waals surface area contributed by atoms with E-state index in [0.29, 0.717) is 6.54 Å². The Labute approximate surface area is 90.9 Å². The average molecular weight is 206 g/mol. The summed E-state index contributed by atoms with van der Waals surface area (Å²) in [5.74, 6) is -0.0165. The van der Waals surface area contributed by atoms with Gasteiger partial charge in [0.05, 0.1) is 5.56 Å². The van der Waals surface area contributed by atoms with E-state index in [0.717, 1.165) is 23.4 Å². The number of rotatable bonds is 4. The first-order valence-corrected chi connectivity index (χ1v) is 5.31. The molecule has 0 aliphatic heterocycles. The van der Waals surface area contributed by atoms with Gasteiger partial charge >= 0.3 is 0 Å². The van der Waals surface area contributed by atoms with Gasteiger partial charge in [-0.15, -0.1) is 0 Å². The molecule has 0 heterocycles. The van der Waals surface area contributed by atoms with Crippen molar-refractivity contribution in [2.24, 2.45) is 0 Å². The smallest absolute Gasteiger partial charge is 0.253 e. The maximum absolute atomic E-state index is 11.7. The van der Waals surface area contributed by atoms with E-state index in [1.807, 2.05) is 39.0 Å². The number of hydrogen-bond donors (Lipinski definition) is 2. The van der Waals surface area contributed by atoms with E-state index in [2.05, 4.69) is 10.6 Å². The van der Waals surface area contributed by atoms with Crippen molar-refractivity contribution < 1.29 is 4.79 Å². The normalized spacial score (nSPS) is 9.80. The van der Waals surface area contributed by atoms with Crippen molar-refractivity contribution >= 4 is 11.6 Å². The van der Waals surface area contributed by atoms with Crippen molar-refractivity contribution in [3.63, 3.8) is 0 Å². The molecule has 0 bridgehead atoms. The molecule has 0 aliphatic rings. The van der Waals surface area contributed by atoms with Crippen molar-refractivity contribution in [3.05, 3.63) is 29.3 Å². The predicted octanol–water partition coefficient (Wildman–Crippen LogP) is 2.18. The van der Waals surface area contributed by atoms with Crippen molar-refractivity contribution in [2.75, 3.05) is 18.4 Å². The molecule has 3 heteroatoms. The van der Waals surface area contributed by atoms with Gasteiger partial charge in [0.1, 0.15) is 0 Å². The zero-order chi connectivity index (χ0) is 11.3. The molecule has 0 spiro atoms. The Morgan fingerprint density at radius 3 is 2.60 bits per heavy atom. The van der Waals surface area contributed by atoms with Crippen LogP contribution in [0.4, 0.5) is 5.69 Å². The second-order valence-electron chi connectivity index (χ2n) is 3.44. The summed E-state index contributed by atoms with van der Waals surface area (Å²) in [6, 6.07) is 5.85. The number of benzene rings is 1. The van der Waals surface area contributed by atoms with Crippen molar-refractivity contribution in [1.82, 2.24) is 5.32 Å². The molecule has 3 nitrogen and oxygen atoms in total. The highest BCUT2D eigenvalue weighted by Gasteiger charge is 2.09. The zero-order valence-electron chi connectivity index (χ0n) is 9.55. The SMILES string of the molecule is CCNC(=O)c1cc(C)ccc1NCC. The summed E-state index contributed by atoms with van der Waals surface area (Å²) in [5.41, 5.74) is 2.71. The third-order valence-electron chi connectivity index (χ3n) is 2.12. The van der Waals surface area contributed by atoms with E-state index in [9.17, 15) is 4.79 Å². The van der Waals surface area contributed by atoms with Crippen LogP contribution < -0.4 is 10.6 Å². The Hall–Kier alpha value is -1.51. The lowest BCUT2D eigenvalue weighted by atomic mass is 10.1. The van der Waals surface area contributed by atoms with Crippen molar-refractivity contribution in [2.45, 2.75) is 20.8 Å². The van der Waals surface area contributed by atoms with Crippen LogP contribution in [-0.2, 0) is 0 Å². The number of carbonyl (C=O) groups is 1. The second-order valence-corrected chi connectivity index (χ2v) is 3.44. The van der Waals surface area contributed by atoms with Gasteiger partial charge in [0.2, 0.25) is 0 Å². The van der Waals surface area contributed by atoms with E-state index in [1.54, 1.807) is 0 Å². The molecular formula is C12H18N2O. The van der Waals surface area contributed by atoms with E-state index in [1.165, 1.54) is 0 Å². The van der Waals surface area contributed by atoms with Crippen LogP contribution >= 0.6 is 0 Å². The Morgan fingerprint density at radius 1 is 1.27 bits per heavy atom. The molecule has 1 amide bonds. The minimum absolute atomic E-state index is 0.0165. The van der Waals surface area contributed by atoms with Gasteiger partial charge in [0, 0.05) is 18.8 Å². The maximum Gasteiger partial charge on any atom is 0.253 e. The van der Waals surface area contributed by atoms with Gasteiger partial charge in [-0.25, -0.2) is 0 Å². The molecule has 1 aromatic carbocycles. The molecule has 0 fully saturated rings. The highest BCUT2D eigenvalue weighted by Crippen LogP contribution is 2.16. The molecule has 1 aromatic rings. The lowest BCUT2D eigenvalue weighted by molar-refractivity contribution is 0.0956. The molecule has 0 saturated heterocycles. The zero-order valence-corrected chi connectivity index (χ0v) is 9.55. The van der Waals surface area contributed by atoms with Gasteiger partial charge in [0.25, 0.3) is 5.91 Å². The van der Waals surface area contributed by atoms with E-state index in [-0.39, 0.29) is 5.91 Å². The number of anilines is 1. The fourth-order valence-electron chi connectivity index (χ4n) is 1.45. The van der Waals surface area contributed by atoms with Crippen LogP contribution in [0.3, 0.4) is 0 Å². The van der Waals surface area contributed by atoms with E-state index < -0.39 is 0 Å². The summed E-state index contributed by atoms with van der Waals surface area (Å²) in [4.78, 5) is 11.7. The van der Waals surface area contributed by atoms with Crippen LogP contribution in [0, 0.1) is 6.92 Å². The molecule has 2 N–H and O–H groups in total. The molecule has 1 rings (SSSR count). The first-order valence-electron chi connectivity index (χ1n) is 5.31. The number of carbonyl (C=O) groups excluding carboxylic acids is 1. The Kier molecular flexibility index (Phi) is 4.16. The molecule has 0 atom stereocenters. The summed E-state index contributed by atoms with van der Waals surface area (Å²) in [6.07, 6.45) is 0. The summed E-state index contributed by atoms with van der Waals surface area (Å²) in [6.45, 7) is 7.38. The molecule has 0 aromatic heterocycles. The summed E-state index contributed by atoms with van der Waals surface area (Å²) in [5, 5.41) is 5.99. The van der Waals surface area contributed by atoms with E-state index >= 15 is 0 Å². The minimum atomic E-state index is -0.0165. The molecular weight excluding hydrogens is 188 g/mol. The van der Waals surface area contributed by atoms with Gasteiger partial charge in [-0.05, 0) is 32.9 Å². The number of amides is 1. The minimum Gasteiger partial charge on any atom is -0.385 e. The number of nitrogens with one attached hydrogen (secondary N) is 2. The lowest BCUT2D eigenvalue weighted by Crippen LogP contribution is -2.24. The van der Waals surface area contributed by atoms with Crippen LogP contribution in [0.15, 0.2) is 18.2 Å². The highest BCUT2D eigenvalue weighted by atomic mass is 16.1. The van der Waals surface area contributed by atoms with Crippen LogP contribution in [-0.4, -0.2) is 19.0 Å². The van der Waals surface area contributed by atoms with Crippen LogP contribution in [0.5, 0.6) is 0 Å². The topological polar surface area (TPSA) is 41.1 Å². The summed E-state index contributed by atoms with van der Waals surface area (Å²) < 4.78 is 0. The number of hydrogen-bond acceptors (Lipinski definition) is 2. The van der Waals surface area contributed by atoms with Crippen LogP contribution in [0.25, 0.3) is 0 Å². The van der Waals surface area contributed by atoms with Gasteiger partial charge in [-0.2, -0.15) is 0 Å². The highest BCUT2D eigenvalue weighted by molar-refractivity contribution is 5.99. The Bertz CT molecular complexity index is 347. The quantitative estimate of drug-likeness (QED) is 0.792. The molecule has 0 aliphatic carbocycles. The molecule has 15 heavy (non-hydrogen) atoms. The first-order chi connectivity index (χ1) is 7.19. The Morgan fingerprint density at radius 2 is 2.00 bits per heavy atom. The standard InChI is InChI=1S/C12H18N2O/c1-4-13-11-7-6-9(3)8-10(11)12(15)14-5-2/h6-8,13H,4-5H2,1-3H3,(H,14,15). The predicted molar refractivity (Wildman–Crippen MR) is 63.3 cm³/mol. The Balaban J connectivity index is 3.00. The molecule has 0 saturated carbocycles. The molecule has 0 unspecified atom stereocenters. The summed E-state index contributed by atoms with van der Waals surface area (Å²) >= 11 is 0. The number of aryl methyl sites for hydroxylation is 1. The molecule has 0 radical (unpaired) electrons.